The number of rotatable bonds is 39. The fourth-order valence-corrected chi connectivity index (χ4v) is 6.98. The van der Waals surface area contributed by atoms with Crippen LogP contribution >= 0.6 is 0 Å². The molecule has 0 aromatic heterocycles. The highest BCUT2D eigenvalue weighted by molar-refractivity contribution is 5.69. The number of amides is 1. The van der Waals surface area contributed by atoms with Crippen LogP contribution in [0.5, 0.6) is 0 Å². The monoisotopic (exact) mass is 767 g/mol. The molecule has 54 heavy (non-hydrogen) atoms. The molecule has 0 aliphatic carbocycles. The standard InChI is InChI=1S/C46H90N2O6/c1-7-10-13-14-15-16-17-21-29-40-52-43(49)35-26-22-28-38-48(39-36-47-45(51)54-46(4,5)6)37-27-20-18-19-25-34-44(50)53-41-30-33-42(31-23-11-8-2)32-24-12-9-3/h42H,7-41H2,1-6H3,(H,47,51). The molecule has 0 aliphatic rings. The Morgan fingerprint density at radius 3 is 1.43 bits per heavy atom. The van der Waals surface area contributed by atoms with E-state index in [1.807, 2.05) is 20.8 Å². The first-order valence-electron chi connectivity index (χ1n) is 23.1. The number of ether oxygens (including phenoxy) is 3. The van der Waals surface area contributed by atoms with Gasteiger partial charge in [0.25, 0.3) is 0 Å². The first kappa shape index (κ1) is 52.2. The van der Waals surface area contributed by atoms with Crippen LogP contribution in [-0.2, 0) is 23.8 Å². The SMILES string of the molecule is CCCCCCCCCCCOC(=O)CCCCCN(CCCCCCCC(=O)OCCCC(CCCCC)CCCCC)CCNC(=O)OC(C)(C)C. The summed E-state index contributed by atoms with van der Waals surface area (Å²) >= 11 is 0. The lowest BCUT2D eigenvalue weighted by molar-refractivity contribution is -0.144. The summed E-state index contributed by atoms with van der Waals surface area (Å²) < 4.78 is 16.5. The zero-order valence-electron chi connectivity index (χ0n) is 36.7. The van der Waals surface area contributed by atoms with Gasteiger partial charge in [-0.25, -0.2) is 4.79 Å². The van der Waals surface area contributed by atoms with E-state index < -0.39 is 5.60 Å². The van der Waals surface area contributed by atoms with E-state index in [4.69, 9.17) is 14.2 Å². The summed E-state index contributed by atoms with van der Waals surface area (Å²) in [6.07, 6.45) is 32.7. The van der Waals surface area contributed by atoms with Gasteiger partial charge >= 0.3 is 18.0 Å². The summed E-state index contributed by atoms with van der Waals surface area (Å²) in [5, 5.41) is 2.90. The van der Waals surface area contributed by atoms with Crippen molar-refractivity contribution in [1.82, 2.24) is 10.2 Å². The molecule has 0 spiro atoms. The van der Waals surface area contributed by atoms with Crippen molar-refractivity contribution in [2.24, 2.45) is 5.92 Å². The van der Waals surface area contributed by atoms with E-state index in [0.717, 1.165) is 96.2 Å². The predicted octanol–water partition coefficient (Wildman–Crippen LogP) is 12.9. The highest BCUT2D eigenvalue weighted by Crippen LogP contribution is 2.22. The van der Waals surface area contributed by atoms with Crippen molar-refractivity contribution in [2.75, 3.05) is 39.4 Å². The Morgan fingerprint density at radius 2 is 0.907 bits per heavy atom. The Balaban J connectivity index is 4.24. The second-order valence-corrected chi connectivity index (χ2v) is 16.9. The molecule has 0 aromatic carbocycles. The number of hydrogen-bond donors (Lipinski definition) is 1. The number of carbonyl (C=O) groups is 3. The Labute approximate surface area is 334 Å². The van der Waals surface area contributed by atoms with E-state index in [0.29, 0.717) is 32.6 Å². The molecular formula is C46H90N2O6. The quantitative estimate of drug-likeness (QED) is 0.0378. The molecule has 8 heteroatoms. The molecule has 1 N–H and O–H groups in total. The van der Waals surface area contributed by atoms with E-state index in [1.165, 1.54) is 103 Å². The van der Waals surface area contributed by atoms with Crippen LogP contribution < -0.4 is 5.32 Å². The fourth-order valence-electron chi connectivity index (χ4n) is 6.98. The van der Waals surface area contributed by atoms with Gasteiger partial charge < -0.3 is 24.4 Å². The maximum Gasteiger partial charge on any atom is 0.407 e. The molecule has 0 saturated carbocycles. The number of alkyl carbamates (subject to hydrolysis) is 1. The second-order valence-electron chi connectivity index (χ2n) is 16.9. The van der Waals surface area contributed by atoms with Crippen LogP contribution in [0.3, 0.4) is 0 Å². The highest BCUT2D eigenvalue weighted by atomic mass is 16.6. The van der Waals surface area contributed by atoms with Crippen molar-refractivity contribution >= 4 is 18.0 Å². The van der Waals surface area contributed by atoms with Gasteiger partial charge in [-0.1, -0.05) is 149 Å². The zero-order chi connectivity index (χ0) is 40.0. The third kappa shape index (κ3) is 38.4. The minimum absolute atomic E-state index is 0.0424. The maximum absolute atomic E-state index is 12.3. The number of nitrogens with one attached hydrogen (secondary N) is 1. The van der Waals surface area contributed by atoms with Crippen LogP contribution in [0.4, 0.5) is 4.79 Å². The van der Waals surface area contributed by atoms with Crippen LogP contribution in [0.25, 0.3) is 0 Å². The average molecular weight is 767 g/mol. The fraction of sp³-hybridized carbons (Fsp3) is 0.935. The lowest BCUT2D eigenvalue weighted by Crippen LogP contribution is -2.38. The summed E-state index contributed by atoms with van der Waals surface area (Å²) in [5.41, 5.74) is -0.514. The van der Waals surface area contributed by atoms with Gasteiger partial charge in [-0.05, 0) is 84.7 Å². The first-order valence-corrected chi connectivity index (χ1v) is 23.1. The van der Waals surface area contributed by atoms with E-state index in [2.05, 4.69) is 31.0 Å². The number of unbranched alkanes of at least 4 members (excludes halogenated alkanes) is 18. The number of carbonyl (C=O) groups excluding carboxylic acids is 3. The van der Waals surface area contributed by atoms with Gasteiger partial charge in [0.05, 0.1) is 13.2 Å². The molecule has 0 unspecified atom stereocenters. The van der Waals surface area contributed by atoms with Crippen molar-refractivity contribution in [2.45, 2.75) is 233 Å². The normalized spacial score (nSPS) is 11.7. The van der Waals surface area contributed by atoms with Crippen molar-refractivity contribution in [3.8, 4) is 0 Å². The van der Waals surface area contributed by atoms with Gasteiger partial charge in [-0.3, -0.25) is 9.59 Å². The minimum Gasteiger partial charge on any atom is -0.466 e. The van der Waals surface area contributed by atoms with E-state index in [9.17, 15) is 14.4 Å². The number of esters is 2. The number of hydrogen-bond acceptors (Lipinski definition) is 7. The van der Waals surface area contributed by atoms with Gasteiger partial charge in [0.2, 0.25) is 0 Å². The van der Waals surface area contributed by atoms with E-state index >= 15 is 0 Å². The predicted molar refractivity (Wildman–Crippen MR) is 227 cm³/mol. The van der Waals surface area contributed by atoms with E-state index in [1.54, 1.807) is 0 Å². The summed E-state index contributed by atoms with van der Waals surface area (Å²) in [5.74, 6) is 0.675. The Bertz CT molecular complexity index is 851. The third-order valence-electron chi connectivity index (χ3n) is 10.3. The molecule has 0 bridgehead atoms. The highest BCUT2D eigenvalue weighted by Gasteiger charge is 2.16. The molecule has 0 saturated heterocycles. The largest absolute Gasteiger partial charge is 0.466 e. The number of nitrogens with zero attached hydrogens (tertiary/aromatic N) is 1. The van der Waals surface area contributed by atoms with Gasteiger partial charge in [0.1, 0.15) is 5.60 Å². The van der Waals surface area contributed by atoms with Crippen LogP contribution in [0.2, 0.25) is 0 Å². The third-order valence-corrected chi connectivity index (χ3v) is 10.3. The summed E-state index contributed by atoms with van der Waals surface area (Å²) in [7, 11) is 0. The van der Waals surface area contributed by atoms with Crippen molar-refractivity contribution in [3.63, 3.8) is 0 Å². The first-order chi connectivity index (χ1) is 26.1. The van der Waals surface area contributed by atoms with Gasteiger partial charge in [0, 0.05) is 25.9 Å². The second kappa shape index (κ2) is 38.1. The molecule has 0 rings (SSSR count). The topological polar surface area (TPSA) is 94.2 Å². The van der Waals surface area contributed by atoms with Gasteiger partial charge in [0.15, 0.2) is 0 Å². The van der Waals surface area contributed by atoms with E-state index in [-0.39, 0.29) is 18.0 Å². The molecule has 320 valence electrons. The van der Waals surface area contributed by atoms with Gasteiger partial charge in [-0.15, -0.1) is 0 Å². The molecule has 0 fully saturated rings. The Morgan fingerprint density at radius 1 is 0.500 bits per heavy atom. The molecule has 0 radical (unpaired) electrons. The molecule has 8 nitrogen and oxygen atoms in total. The molecular weight excluding hydrogens is 677 g/mol. The van der Waals surface area contributed by atoms with Crippen LogP contribution in [0.15, 0.2) is 0 Å². The van der Waals surface area contributed by atoms with Crippen LogP contribution in [-0.4, -0.2) is 67.9 Å². The average Bonchev–Trinajstić information content (AvgIpc) is 3.12. The lowest BCUT2D eigenvalue weighted by Gasteiger charge is -2.24. The molecule has 0 atom stereocenters. The minimum atomic E-state index is -0.514. The molecule has 0 heterocycles. The Kier molecular flexibility index (Phi) is 36.8. The summed E-state index contributed by atoms with van der Waals surface area (Å²) in [4.78, 5) is 39.1. The molecule has 1 amide bonds. The van der Waals surface area contributed by atoms with Crippen molar-refractivity contribution in [1.29, 1.82) is 0 Å². The lowest BCUT2D eigenvalue weighted by atomic mass is 9.91. The summed E-state index contributed by atoms with van der Waals surface area (Å²) in [6, 6.07) is 0. The zero-order valence-corrected chi connectivity index (χ0v) is 36.7. The molecule has 0 aliphatic heterocycles. The van der Waals surface area contributed by atoms with Crippen molar-refractivity contribution < 1.29 is 28.6 Å². The summed E-state index contributed by atoms with van der Waals surface area (Å²) in [6.45, 7) is 16.7. The van der Waals surface area contributed by atoms with Gasteiger partial charge in [-0.2, -0.15) is 0 Å². The smallest absolute Gasteiger partial charge is 0.407 e. The van der Waals surface area contributed by atoms with Crippen LogP contribution in [0.1, 0.15) is 228 Å². The maximum atomic E-state index is 12.3. The Hall–Kier alpha value is -1.83. The van der Waals surface area contributed by atoms with Crippen molar-refractivity contribution in [3.05, 3.63) is 0 Å². The van der Waals surface area contributed by atoms with Crippen LogP contribution in [0, 0.1) is 5.92 Å². The molecule has 0 aromatic rings.